The van der Waals surface area contributed by atoms with E-state index in [1.165, 1.54) is 41.7 Å². The van der Waals surface area contributed by atoms with Crippen LogP contribution in [0.2, 0.25) is 0 Å². The summed E-state index contributed by atoms with van der Waals surface area (Å²) in [4.78, 5) is 49.5. The van der Waals surface area contributed by atoms with Gasteiger partial charge in [-0.1, -0.05) is 87.8 Å². The number of hydrogen-bond donors (Lipinski definition) is 3. The molecule has 3 N–H and O–H groups in total. The molecule has 4 atom stereocenters. The second kappa shape index (κ2) is 19.6. The highest BCUT2D eigenvalue weighted by molar-refractivity contribution is 7.89. The Morgan fingerprint density at radius 3 is 2.27 bits per heavy atom. The average Bonchev–Trinajstić information content (AvgIpc) is 3.49. The molecule has 2 heterocycles. The monoisotopic (exact) mass is 777 g/mol. The van der Waals surface area contributed by atoms with E-state index in [1.807, 2.05) is 76.2 Å². The summed E-state index contributed by atoms with van der Waals surface area (Å²) in [6.07, 6.45) is 0.691. The number of oxime groups is 1. The molecule has 2 aromatic carbocycles. The van der Waals surface area contributed by atoms with E-state index in [2.05, 4.69) is 15.5 Å². The number of sulfonamides is 1. The van der Waals surface area contributed by atoms with E-state index >= 15 is 0 Å². The van der Waals surface area contributed by atoms with Gasteiger partial charge >= 0.3 is 6.03 Å². The lowest BCUT2D eigenvalue weighted by Gasteiger charge is -2.35. The fourth-order valence-corrected chi connectivity index (χ4v) is 8.19. The van der Waals surface area contributed by atoms with Crippen LogP contribution in [0.15, 0.2) is 82.8 Å². The first-order chi connectivity index (χ1) is 26.1. The minimum Gasteiger partial charge on any atom is -0.411 e. The van der Waals surface area contributed by atoms with E-state index in [9.17, 15) is 27.9 Å². The Labute approximate surface area is 324 Å². The van der Waals surface area contributed by atoms with Gasteiger partial charge in [0.25, 0.3) is 0 Å². The van der Waals surface area contributed by atoms with Crippen molar-refractivity contribution < 1.29 is 33.1 Å². The first kappa shape index (κ1) is 42.9. The normalized spacial score (nSPS) is 15.8. The van der Waals surface area contributed by atoms with Crippen molar-refractivity contribution in [3.63, 3.8) is 0 Å². The zero-order valence-electron chi connectivity index (χ0n) is 32.6. The van der Waals surface area contributed by atoms with Gasteiger partial charge in [0.1, 0.15) is 6.04 Å². The molecule has 1 aromatic heterocycles. The SMILES string of the molecule is CC[C@H](C)[C@@H](C(=O)N[C@@H](Cc1ccccc1)[C@H](O)CN(CC(C)C)S(=O)(=O)c1ccc(C=NO)cc1)N1CCN(Cc2cccc(CN(C)C(C)=O)n2)C1=O. The summed E-state index contributed by atoms with van der Waals surface area (Å²) in [6, 6.07) is 18.6. The van der Waals surface area contributed by atoms with Gasteiger partial charge < -0.3 is 30.3 Å². The van der Waals surface area contributed by atoms with Crippen LogP contribution in [0.4, 0.5) is 4.79 Å². The van der Waals surface area contributed by atoms with Crippen LogP contribution in [0.5, 0.6) is 0 Å². The van der Waals surface area contributed by atoms with Crippen molar-refractivity contribution in [1.29, 1.82) is 0 Å². The number of nitrogens with one attached hydrogen (secondary N) is 1. The lowest BCUT2D eigenvalue weighted by molar-refractivity contribution is -0.129. The number of benzene rings is 2. The summed E-state index contributed by atoms with van der Waals surface area (Å²) in [5.74, 6) is -0.834. The van der Waals surface area contributed by atoms with Crippen molar-refractivity contribution in [2.45, 2.75) is 83.6 Å². The second-order valence-electron chi connectivity index (χ2n) is 14.6. The lowest BCUT2D eigenvalue weighted by atomic mass is 9.95. The van der Waals surface area contributed by atoms with Crippen LogP contribution in [0.3, 0.4) is 0 Å². The fourth-order valence-electron chi connectivity index (χ4n) is 6.57. The Bertz CT molecular complexity index is 1880. The molecule has 0 spiro atoms. The molecule has 1 aliphatic heterocycles. The van der Waals surface area contributed by atoms with Crippen molar-refractivity contribution in [2.24, 2.45) is 17.0 Å². The van der Waals surface area contributed by atoms with E-state index < -0.39 is 34.1 Å². The summed E-state index contributed by atoms with van der Waals surface area (Å²) in [7, 11) is -2.39. The van der Waals surface area contributed by atoms with E-state index in [0.717, 1.165) is 5.56 Å². The number of rotatable bonds is 19. The van der Waals surface area contributed by atoms with Crippen LogP contribution in [0.1, 0.15) is 63.6 Å². The van der Waals surface area contributed by atoms with Crippen LogP contribution in [0.25, 0.3) is 0 Å². The second-order valence-corrected chi connectivity index (χ2v) is 16.6. The third-order valence-electron chi connectivity index (χ3n) is 9.84. The molecule has 0 bridgehead atoms. The van der Waals surface area contributed by atoms with Crippen molar-refractivity contribution in [1.82, 2.24) is 29.3 Å². The number of aromatic nitrogens is 1. The highest BCUT2D eigenvalue weighted by atomic mass is 32.2. The third-order valence-corrected chi connectivity index (χ3v) is 11.7. The van der Waals surface area contributed by atoms with Gasteiger partial charge in [0, 0.05) is 40.2 Å². The van der Waals surface area contributed by atoms with Crippen LogP contribution in [0, 0.1) is 11.8 Å². The van der Waals surface area contributed by atoms with E-state index in [1.54, 1.807) is 21.7 Å². The largest absolute Gasteiger partial charge is 0.411 e. The van der Waals surface area contributed by atoms with Gasteiger partial charge in [0.15, 0.2) is 0 Å². The molecule has 0 aliphatic carbocycles. The predicted octanol–water partition coefficient (Wildman–Crippen LogP) is 3.96. The van der Waals surface area contributed by atoms with Gasteiger partial charge in [0.05, 0.1) is 47.7 Å². The molecule has 15 heteroatoms. The van der Waals surface area contributed by atoms with Gasteiger partial charge in [-0.05, 0) is 53.6 Å². The first-order valence-corrected chi connectivity index (χ1v) is 20.1. The highest BCUT2D eigenvalue weighted by Gasteiger charge is 2.41. The summed E-state index contributed by atoms with van der Waals surface area (Å²) in [5, 5.41) is 26.8. The number of aliphatic hydroxyl groups excluding tert-OH is 1. The van der Waals surface area contributed by atoms with Gasteiger partial charge in [-0.25, -0.2) is 13.2 Å². The lowest BCUT2D eigenvalue weighted by Crippen LogP contribution is -2.57. The minimum atomic E-state index is -4.08. The molecule has 4 amide bonds. The number of nitrogens with zero attached hydrogens (tertiary/aromatic N) is 6. The molecular weight excluding hydrogens is 723 g/mol. The fraction of sp³-hybridized carbons (Fsp3) is 0.475. The summed E-state index contributed by atoms with van der Waals surface area (Å²) in [5.41, 5.74) is 2.71. The molecule has 0 saturated carbocycles. The smallest absolute Gasteiger partial charge is 0.321 e. The number of aliphatic hydroxyl groups is 1. The zero-order chi connectivity index (χ0) is 40.3. The topological polar surface area (TPSA) is 176 Å². The van der Waals surface area contributed by atoms with Gasteiger partial charge in [-0.2, -0.15) is 4.31 Å². The maximum Gasteiger partial charge on any atom is 0.321 e. The number of urea groups is 1. The van der Waals surface area contributed by atoms with Crippen LogP contribution in [-0.2, 0) is 39.1 Å². The summed E-state index contributed by atoms with van der Waals surface area (Å²) in [6.45, 7) is 10.2. The standard InChI is InChI=1S/C40H55N7O7S/c1-7-29(4)38(47-21-20-45(40(47)51)26-34-15-11-14-33(42-34)25-44(6)30(5)48)39(50)43-36(22-31-12-9-8-10-13-31)37(49)27-46(24-28(2)3)55(53,54)35-18-16-32(17-19-35)23-41-52/h8-19,23,28-29,36-38,49,52H,7,20-22,24-27H2,1-6H3,(H,43,50)/t29-,36-,37+,38-/m0/s1. The van der Waals surface area contributed by atoms with Crippen molar-refractivity contribution in [3.05, 3.63) is 95.3 Å². The Balaban J connectivity index is 1.57. The quantitative estimate of drug-likeness (QED) is 0.0932. The minimum absolute atomic E-state index is 0.0124. The maximum absolute atomic E-state index is 14.4. The number of amides is 4. The van der Waals surface area contributed by atoms with E-state index in [0.29, 0.717) is 43.0 Å². The molecule has 0 unspecified atom stereocenters. The Morgan fingerprint density at radius 2 is 1.65 bits per heavy atom. The van der Waals surface area contributed by atoms with Crippen LogP contribution in [-0.4, -0.2) is 118 Å². The van der Waals surface area contributed by atoms with Gasteiger partial charge in [-0.15, -0.1) is 0 Å². The molecule has 4 rings (SSSR count). The molecule has 55 heavy (non-hydrogen) atoms. The third kappa shape index (κ3) is 11.6. The average molecular weight is 778 g/mol. The van der Waals surface area contributed by atoms with Crippen molar-refractivity contribution in [3.8, 4) is 0 Å². The molecule has 3 aromatic rings. The highest BCUT2D eigenvalue weighted by Crippen LogP contribution is 2.24. The Kier molecular flexibility index (Phi) is 15.3. The van der Waals surface area contributed by atoms with E-state index in [-0.39, 0.29) is 54.7 Å². The summed E-state index contributed by atoms with van der Waals surface area (Å²) >= 11 is 0. The Morgan fingerprint density at radius 1 is 0.982 bits per heavy atom. The first-order valence-electron chi connectivity index (χ1n) is 18.7. The van der Waals surface area contributed by atoms with E-state index in [4.69, 9.17) is 5.21 Å². The number of carbonyl (C=O) groups is 3. The Hall–Kier alpha value is -4.86. The zero-order valence-corrected chi connectivity index (χ0v) is 33.4. The number of hydrogen-bond acceptors (Lipinski definition) is 9. The predicted molar refractivity (Wildman–Crippen MR) is 210 cm³/mol. The van der Waals surface area contributed by atoms with Crippen molar-refractivity contribution in [2.75, 3.05) is 33.2 Å². The van der Waals surface area contributed by atoms with Crippen LogP contribution < -0.4 is 5.32 Å². The number of carbonyl (C=O) groups excluding carboxylic acids is 3. The molecule has 298 valence electrons. The molecule has 0 radical (unpaired) electrons. The van der Waals surface area contributed by atoms with Gasteiger partial charge in [0.2, 0.25) is 21.8 Å². The van der Waals surface area contributed by atoms with Gasteiger partial charge in [-0.3, -0.25) is 14.6 Å². The molecule has 1 aliphatic rings. The van der Waals surface area contributed by atoms with Crippen molar-refractivity contribution >= 4 is 34.1 Å². The molecule has 14 nitrogen and oxygen atoms in total. The molecular formula is C40H55N7O7S. The number of pyridine rings is 1. The van der Waals surface area contributed by atoms with Crippen LogP contribution >= 0.6 is 0 Å². The molecule has 1 saturated heterocycles. The molecule has 1 fully saturated rings. The summed E-state index contributed by atoms with van der Waals surface area (Å²) < 4.78 is 29.1. The maximum atomic E-state index is 14.4.